The van der Waals surface area contributed by atoms with Gasteiger partial charge in [-0.25, -0.2) is 0 Å². The van der Waals surface area contributed by atoms with Gasteiger partial charge in [-0.2, -0.15) is 0 Å². The Morgan fingerprint density at radius 3 is 3.00 bits per heavy atom. The van der Waals surface area contributed by atoms with Gasteiger partial charge in [-0.3, -0.25) is 4.79 Å². The summed E-state index contributed by atoms with van der Waals surface area (Å²) >= 11 is 0. The minimum absolute atomic E-state index is 0.0544. The fourth-order valence-electron chi connectivity index (χ4n) is 1.98. The number of anilines is 1. The Balaban J connectivity index is 1.98. The smallest absolute Gasteiger partial charge is 0.227 e. The quantitative estimate of drug-likeness (QED) is 0.804. The number of hydrogen-bond acceptors (Lipinski definition) is 4. The maximum Gasteiger partial charge on any atom is 0.227 e. The van der Waals surface area contributed by atoms with Crippen LogP contribution in [0.1, 0.15) is 31.2 Å². The van der Waals surface area contributed by atoms with Crippen LogP contribution in [0.2, 0.25) is 0 Å². The molecule has 0 aliphatic rings. The molecule has 1 heterocycles. The summed E-state index contributed by atoms with van der Waals surface area (Å²) in [5.74, 6) is 0.443. The highest BCUT2D eigenvalue weighted by atomic mass is 16.1. The van der Waals surface area contributed by atoms with E-state index in [-0.39, 0.29) is 11.8 Å². The van der Waals surface area contributed by atoms with Crippen LogP contribution in [-0.2, 0) is 17.9 Å². The van der Waals surface area contributed by atoms with Gasteiger partial charge in [-0.05, 0) is 31.5 Å². The molecule has 0 aliphatic carbocycles. The molecule has 6 heteroatoms. The molecule has 1 amide bonds. The van der Waals surface area contributed by atoms with Crippen LogP contribution in [0.15, 0.2) is 30.6 Å². The Morgan fingerprint density at radius 1 is 1.50 bits per heavy atom. The van der Waals surface area contributed by atoms with Gasteiger partial charge in [0.2, 0.25) is 5.91 Å². The lowest BCUT2D eigenvalue weighted by Crippen LogP contribution is -2.28. The molecule has 0 saturated heterocycles. The normalized spacial score (nSPS) is 12.1. The van der Waals surface area contributed by atoms with Gasteiger partial charge in [0.25, 0.3) is 0 Å². The van der Waals surface area contributed by atoms with Gasteiger partial charge in [0, 0.05) is 12.2 Å². The zero-order chi connectivity index (χ0) is 14.5. The van der Waals surface area contributed by atoms with Crippen molar-refractivity contribution in [2.45, 2.75) is 32.9 Å². The Hall–Kier alpha value is -2.37. The molecular formula is C14H19N5O. The number of nitrogen functional groups attached to an aromatic ring is 1. The molecule has 3 N–H and O–H groups in total. The number of rotatable bonds is 5. The lowest BCUT2D eigenvalue weighted by atomic mass is 10.00. The zero-order valence-corrected chi connectivity index (χ0v) is 11.7. The zero-order valence-electron chi connectivity index (χ0n) is 11.7. The first-order chi connectivity index (χ1) is 9.61. The van der Waals surface area contributed by atoms with Crippen LogP contribution in [0.25, 0.3) is 0 Å². The SMILES string of the molecule is CCn1cnnc1CNC(=O)C(C)c1cccc(N)c1. The van der Waals surface area contributed by atoms with Gasteiger partial charge in [0.15, 0.2) is 5.82 Å². The maximum atomic E-state index is 12.1. The van der Waals surface area contributed by atoms with Crippen molar-refractivity contribution in [3.05, 3.63) is 42.0 Å². The first-order valence-corrected chi connectivity index (χ1v) is 6.61. The molecule has 1 aromatic carbocycles. The Morgan fingerprint density at radius 2 is 2.30 bits per heavy atom. The number of carbonyl (C=O) groups excluding carboxylic acids is 1. The number of nitrogens with zero attached hydrogens (tertiary/aromatic N) is 3. The lowest BCUT2D eigenvalue weighted by molar-refractivity contribution is -0.122. The third-order valence-corrected chi connectivity index (χ3v) is 3.26. The van der Waals surface area contributed by atoms with E-state index < -0.39 is 0 Å². The fraction of sp³-hybridized carbons (Fsp3) is 0.357. The number of aromatic nitrogens is 3. The summed E-state index contributed by atoms with van der Waals surface area (Å²) < 4.78 is 1.89. The van der Waals surface area contributed by atoms with Crippen LogP contribution in [0, 0.1) is 0 Å². The van der Waals surface area contributed by atoms with Crippen molar-refractivity contribution < 1.29 is 4.79 Å². The van der Waals surface area contributed by atoms with E-state index in [1.54, 1.807) is 12.4 Å². The maximum absolute atomic E-state index is 12.1. The van der Waals surface area contributed by atoms with Crippen molar-refractivity contribution in [2.75, 3.05) is 5.73 Å². The van der Waals surface area contributed by atoms with E-state index in [4.69, 9.17) is 5.73 Å². The summed E-state index contributed by atoms with van der Waals surface area (Å²) in [5.41, 5.74) is 7.29. The molecule has 0 aliphatic heterocycles. The van der Waals surface area contributed by atoms with E-state index in [1.807, 2.05) is 36.6 Å². The van der Waals surface area contributed by atoms with Gasteiger partial charge in [0.05, 0.1) is 12.5 Å². The van der Waals surface area contributed by atoms with Crippen LogP contribution >= 0.6 is 0 Å². The van der Waals surface area contributed by atoms with Crippen molar-refractivity contribution in [2.24, 2.45) is 0 Å². The number of nitrogens with two attached hydrogens (primary N) is 1. The molecule has 0 bridgehead atoms. The summed E-state index contributed by atoms with van der Waals surface area (Å²) in [5, 5.41) is 10.7. The van der Waals surface area contributed by atoms with E-state index in [2.05, 4.69) is 15.5 Å². The van der Waals surface area contributed by atoms with Crippen LogP contribution in [-0.4, -0.2) is 20.7 Å². The Bertz CT molecular complexity index is 593. The summed E-state index contributed by atoms with van der Waals surface area (Å²) in [6.07, 6.45) is 1.66. The van der Waals surface area contributed by atoms with Crippen LogP contribution < -0.4 is 11.1 Å². The van der Waals surface area contributed by atoms with E-state index >= 15 is 0 Å². The number of nitrogens with one attached hydrogen (secondary N) is 1. The van der Waals surface area contributed by atoms with E-state index in [9.17, 15) is 4.79 Å². The van der Waals surface area contributed by atoms with Crippen LogP contribution in [0.3, 0.4) is 0 Å². The summed E-state index contributed by atoms with van der Waals surface area (Å²) in [7, 11) is 0. The third-order valence-electron chi connectivity index (χ3n) is 3.26. The second-order valence-electron chi connectivity index (χ2n) is 4.64. The van der Waals surface area contributed by atoms with Crippen molar-refractivity contribution in [1.82, 2.24) is 20.1 Å². The van der Waals surface area contributed by atoms with Gasteiger partial charge in [-0.1, -0.05) is 12.1 Å². The number of hydrogen-bond donors (Lipinski definition) is 2. The predicted molar refractivity (Wildman–Crippen MR) is 76.8 cm³/mol. The third kappa shape index (κ3) is 3.14. The van der Waals surface area contributed by atoms with Crippen molar-refractivity contribution in [1.29, 1.82) is 0 Å². The number of benzene rings is 1. The summed E-state index contributed by atoms with van der Waals surface area (Å²) in [4.78, 5) is 12.1. The highest BCUT2D eigenvalue weighted by Crippen LogP contribution is 2.17. The monoisotopic (exact) mass is 273 g/mol. The molecule has 20 heavy (non-hydrogen) atoms. The van der Waals surface area contributed by atoms with Crippen molar-refractivity contribution in [3.63, 3.8) is 0 Å². The molecule has 0 spiro atoms. The second kappa shape index (κ2) is 6.18. The van der Waals surface area contributed by atoms with E-state index in [1.165, 1.54) is 0 Å². The van der Waals surface area contributed by atoms with E-state index in [0.717, 1.165) is 17.9 Å². The van der Waals surface area contributed by atoms with Gasteiger partial charge in [0.1, 0.15) is 6.33 Å². The Kier molecular flexibility index (Phi) is 4.34. The van der Waals surface area contributed by atoms with Crippen molar-refractivity contribution >= 4 is 11.6 Å². The minimum atomic E-state index is -0.253. The number of carbonyl (C=O) groups is 1. The van der Waals surface area contributed by atoms with Crippen LogP contribution in [0.4, 0.5) is 5.69 Å². The minimum Gasteiger partial charge on any atom is -0.399 e. The second-order valence-corrected chi connectivity index (χ2v) is 4.64. The molecule has 0 radical (unpaired) electrons. The first kappa shape index (κ1) is 14.0. The Labute approximate surface area is 118 Å². The molecular weight excluding hydrogens is 254 g/mol. The molecule has 0 fully saturated rings. The highest BCUT2D eigenvalue weighted by molar-refractivity contribution is 5.83. The van der Waals surface area contributed by atoms with Gasteiger partial charge >= 0.3 is 0 Å². The first-order valence-electron chi connectivity index (χ1n) is 6.61. The molecule has 2 rings (SSSR count). The average molecular weight is 273 g/mol. The van der Waals surface area contributed by atoms with E-state index in [0.29, 0.717) is 12.2 Å². The van der Waals surface area contributed by atoms with Gasteiger partial charge < -0.3 is 15.6 Å². The summed E-state index contributed by atoms with van der Waals surface area (Å²) in [6, 6.07) is 7.37. The molecule has 0 saturated carbocycles. The predicted octanol–water partition coefficient (Wildman–Crippen LogP) is 1.30. The largest absolute Gasteiger partial charge is 0.399 e. The molecule has 1 unspecified atom stereocenters. The number of amides is 1. The van der Waals surface area contributed by atoms with Crippen LogP contribution in [0.5, 0.6) is 0 Å². The molecule has 1 aromatic heterocycles. The summed E-state index contributed by atoms with van der Waals surface area (Å²) in [6.45, 7) is 5.01. The average Bonchev–Trinajstić information content (AvgIpc) is 2.91. The fourth-order valence-corrected chi connectivity index (χ4v) is 1.98. The number of aryl methyl sites for hydroxylation is 1. The molecule has 6 nitrogen and oxygen atoms in total. The van der Waals surface area contributed by atoms with Gasteiger partial charge in [-0.15, -0.1) is 10.2 Å². The standard InChI is InChI=1S/C14H19N5O/c1-3-19-9-17-18-13(19)8-16-14(20)10(2)11-5-4-6-12(15)7-11/h4-7,9-10H,3,8,15H2,1-2H3,(H,16,20). The highest BCUT2D eigenvalue weighted by Gasteiger charge is 2.15. The molecule has 2 aromatic rings. The molecule has 1 atom stereocenters. The van der Waals surface area contributed by atoms with Crippen molar-refractivity contribution in [3.8, 4) is 0 Å². The topological polar surface area (TPSA) is 85.8 Å². The molecule has 106 valence electrons. The lowest BCUT2D eigenvalue weighted by Gasteiger charge is -2.13.